The van der Waals surface area contributed by atoms with Gasteiger partial charge in [-0.2, -0.15) is 0 Å². The summed E-state index contributed by atoms with van der Waals surface area (Å²) in [5.41, 5.74) is 7.98. The maximum Gasteiger partial charge on any atom is 0.123 e. The zero-order chi connectivity index (χ0) is 15.2. The lowest BCUT2D eigenvalue weighted by atomic mass is 10.0. The molecule has 0 heterocycles. The van der Waals surface area contributed by atoms with Crippen LogP contribution in [-0.4, -0.2) is 19.1 Å². The first kappa shape index (κ1) is 16.3. The molecule has 0 aliphatic heterocycles. The summed E-state index contributed by atoms with van der Waals surface area (Å²) in [6, 6.07) is 5.83. The van der Waals surface area contributed by atoms with Gasteiger partial charge in [0.1, 0.15) is 5.82 Å². The van der Waals surface area contributed by atoms with E-state index in [1.807, 2.05) is 6.07 Å². The molecule has 1 aromatic carbocycles. The van der Waals surface area contributed by atoms with Crippen molar-refractivity contribution in [1.82, 2.24) is 0 Å². The van der Waals surface area contributed by atoms with Gasteiger partial charge in [0, 0.05) is 18.3 Å². The normalized spacial score (nSPS) is 15.9. The van der Waals surface area contributed by atoms with E-state index in [0.717, 1.165) is 18.5 Å². The Hall–Kier alpha value is -1.09. The topological polar surface area (TPSA) is 29.3 Å². The Bertz CT molecular complexity index is 439. The molecule has 0 spiro atoms. The van der Waals surface area contributed by atoms with E-state index in [1.165, 1.54) is 37.8 Å². The van der Waals surface area contributed by atoms with E-state index < -0.39 is 0 Å². The summed E-state index contributed by atoms with van der Waals surface area (Å²) >= 11 is 0. The van der Waals surface area contributed by atoms with Crippen molar-refractivity contribution in [2.45, 2.75) is 58.4 Å². The summed E-state index contributed by atoms with van der Waals surface area (Å²) < 4.78 is 13.6. The summed E-state index contributed by atoms with van der Waals surface area (Å²) in [5, 5.41) is 0. The number of hydrogen-bond acceptors (Lipinski definition) is 2. The Balaban J connectivity index is 2.25. The number of anilines is 1. The minimum Gasteiger partial charge on any atom is -0.368 e. The third-order valence-corrected chi connectivity index (χ3v) is 4.48. The van der Waals surface area contributed by atoms with Crippen molar-refractivity contribution in [3.8, 4) is 0 Å². The molecule has 0 amide bonds. The van der Waals surface area contributed by atoms with Crippen molar-refractivity contribution in [2.75, 3.05) is 18.0 Å². The van der Waals surface area contributed by atoms with E-state index in [9.17, 15) is 4.39 Å². The molecule has 0 unspecified atom stereocenters. The van der Waals surface area contributed by atoms with E-state index in [2.05, 4.69) is 18.7 Å². The fourth-order valence-electron chi connectivity index (χ4n) is 3.30. The lowest BCUT2D eigenvalue weighted by Crippen LogP contribution is -2.35. The monoisotopic (exact) mass is 292 g/mol. The third kappa shape index (κ3) is 4.44. The molecule has 2 N–H and O–H groups in total. The molecule has 21 heavy (non-hydrogen) atoms. The van der Waals surface area contributed by atoms with Crippen LogP contribution in [0.2, 0.25) is 0 Å². The fraction of sp³-hybridized carbons (Fsp3) is 0.667. The van der Waals surface area contributed by atoms with Gasteiger partial charge in [-0.25, -0.2) is 4.39 Å². The fourth-order valence-corrected chi connectivity index (χ4v) is 3.30. The molecule has 0 aromatic heterocycles. The average molecular weight is 292 g/mol. The van der Waals surface area contributed by atoms with Gasteiger partial charge < -0.3 is 10.6 Å². The van der Waals surface area contributed by atoms with Crippen LogP contribution in [-0.2, 0) is 6.42 Å². The summed E-state index contributed by atoms with van der Waals surface area (Å²) in [7, 11) is 0. The molecule has 1 aliphatic rings. The van der Waals surface area contributed by atoms with Crippen LogP contribution in [0.4, 0.5) is 10.1 Å². The minimum atomic E-state index is -0.155. The lowest BCUT2D eigenvalue weighted by molar-refractivity contribution is 0.526. The highest BCUT2D eigenvalue weighted by Crippen LogP contribution is 2.31. The minimum absolute atomic E-state index is 0.155. The van der Waals surface area contributed by atoms with Crippen LogP contribution in [0.15, 0.2) is 18.2 Å². The first-order chi connectivity index (χ1) is 10.1. The smallest absolute Gasteiger partial charge is 0.123 e. The number of hydrogen-bond donors (Lipinski definition) is 1. The number of nitrogens with two attached hydrogens (primary N) is 1. The molecule has 2 nitrogen and oxygen atoms in total. The number of benzene rings is 1. The average Bonchev–Trinajstić information content (AvgIpc) is 2.95. The maximum atomic E-state index is 13.6. The molecule has 1 fully saturated rings. The predicted octanol–water partition coefficient (Wildman–Crippen LogP) is 4.12. The van der Waals surface area contributed by atoms with Gasteiger partial charge >= 0.3 is 0 Å². The molecule has 1 aromatic rings. The Labute approximate surface area is 128 Å². The Morgan fingerprint density at radius 1 is 1.29 bits per heavy atom. The highest BCUT2D eigenvalue weighted by molar-refractivity contribution is 5.55. The molecule has 0 saturated heterocycles. The van der Waals surface area contributed by atoms with E-state index in [-0.39, 0.29) is 5.82 Å². The van der Waals surface area contributed by atoms with Crippen molar-refractivity contribution >= 4 is 5.69 Å². The van der Waals surface area contributed by atoms with Crippen LogP contribution in [0.5, 0.6) is 0 Å². The Morgan fingerprint density at radius 3 is 2.62 bits per heavy atom. The highest BCUT2D eigenvalue weighted by atomic mass is 19.1. The number of nitrogens with zero attached hydrogens (tertiary/aromatic N) is 1. The number of halogens is 1. The van der Waals surface area contributed by atoms with Crippen molar-refractivity contribution in [1.29, 1.82) is 0 Å². The van der Waals surface area contributed by atoms with Gasteiger partial charge in [-0.15, -0.1) is 0 Å². The van der Waals surface area contributed by atoms with Crippen molar-refractivity contribution in [3.05, 3.63) is 29.6 Å². The molecule has 118 valence electrons. The molecular weight excluding hydrogens is 263 g/mol. The Kier molecular flexibility index (Phi) is 6.04. The number of rotatable bonds is 7. The van der Waals surface area contributed by atoms with Crippen LogP contribution in [0.1, 0.15) is 51.5 Å². The van der Waals surface area contributed by atoms with Gasteiger partial charge in [0.15, 0.2) is 0 Å². The van der Waals surface area contributed by atoms with E-state index >= 15 is 0 Å². The zero-order valence-electron chi connectivity index (χ0n) is 13.4. The molecule has 3 heteroatoms. The first-order valence-electron chi connectivity index (χ1n) is 8.37. The van der Waals surface area contributed by atoms with Crippen LogP contribution >= 0.6 is 0 Å². The summed E-state index contributed by atoms with van der Waals surface area (Å²) in [4.78, 5) is 2.53. The molecule has 1 aliphatic carbocycles. The van der Waals surface area contributed by atoms with E-state index in [0.29, 0.717) is 18.5 Å². The van der Waals surface area contributed by atoms with Crippen LogP contribution in [0.25, 0.3) is 0 Å². The second-order valence-electron chi connectivity index (χ2n) is 6.63. The molecular formula is C18H29FN2. The largest absolute Gasteiger partial charge is 0.368 e. The van der Waals surface area contributed by atoms with Gasteiger partial charge in [0.25, 0.3) is 0 Å². The van der Waals surface area contributed by atoms with E-state index in [1.54, 1.807) is 12.1 Å². The predicted molar refractivity (Wildman–Crippen MR) is 88.2 cm³/mol. The second kappa shape index (κ2) is 7.79. The van der Waals surface area contributed by atoms with Crippen molar-refractivity contribution in [2.24, 2.45) is 11.7 Å². The quantitative estimate of drug-likeness (QED) is 0.819. The van der Waals surface area contributed by atoms with Gasteiger partial charge in [0.05, 0.1) is 0 Å². The van der Waals surface area contributed by atoms with Crippen molar-refractivity contribution < 1.29 is 4.39 Å². The standard InChI is InChI=1S/C18H29FN2/c1-14(2)10-12-21(17-5-3-4-6-17)18-8-7-16(19)13-15(18)9-11-20/h7-8,13-14,17H,3-6,9-12,20H2,1-2H3. The summed E-state index contributed by atoms with van der Waals surface area (Å²) in [6.07, 6.45) is 7.08. The van der Waals surface area contributed by atoms with E-state index in [4.69, 9.17) is 5.73 Å². The summed E-state index contributed by atoms with van der Waals surface area (Å²) in [6.45, 7) is 6.15. The molecule has 0 radical (unpaired) electrons. The summed E-state index contributed by atoms with van der Waals surface area (Å²) in [5.74, 6) is 0.532. The SMILES string of the molecule is CC(C)CCN(c1ccc(F)cc1CCN)C1CCCC1. The first-order valence-corrected chi connectivity index (χ1v) is 8.37. The third-order valence-electron chi connectivity index (χ3n) is 4.48. The molecule has 0 atom stereocenters. The lowest BCUT2D eigenvalue weighted by Gasteiger charge is -2.33. The van der Waals surface area contributed by atoms with Gasteiger partial charge in [-0.3, -0.25) is 0 Å². The zero-order valence-corrected chi connectivity index (χ0v) is 13.4. The molecule has 1 saturated carbocycles. The van der Waals surface area contributed by atoms with Crippen LogP contribution in [0, 0.1) is 11.7 Å². The van der Waals surface area contributed by atoms with Gasteiger partial charge in [-0.05, 0) is 61.9 Å². The molecule has 0 bridgehead atoms. The van der Waals surface area contributed by atoms with Crippen LogP contribution in [0.3, 0.4) is 0 Å². The van der Waals surface area contributed by atoms with Gasteiger partial charge in [0.2, 0.25) is 0 Å². The second-order valence-corrected chi connectivity index (χ2v) is 6.63. The molecule has 2 rings (SSSR count). The van der Waals surface area contributed by atoms with Crippen LogP contribution < -0.4 is 10.6 Å². The Morgan fingerprint density at radius 2 is 2.00 bits per heavy atom. The van der Waals surface area contributed by atoms with Crippen molar-refractivity contribution in [3.63, 3.8) is 0 Å². The maximum absolute atomic E-state index is 13.6. The highest BCUT2D eigenvalue weighted by Gasteiger charge is 2.24. The van der Waals surface area contributed by atoms with Gasteiger partial charge in [-0.1, -0.05) is 26.7 Å².